The number of nitroso groups, excluding NO2 is 1. The van der Waals surface area contributed by atoms with E-state index in [1.165, 1.54) is 30.2 Å². The zero-order valence-electron chi connectivity index (χ0n) is 22.0. The zero-order valence-corrected chi connectivity index (χ0v) is 28.0. The number of benzene rings is 2. The number of hydrogen-bond donors (Lipinski definition) is 0. The van der Waals surface area contributed by atoms with Crippen LogP contribution < -0.4 is 5.59 Å². The first-order valence-corrected chi connectivity index (χ1v) is 22.1. The molecule has 3 nitrogen and oxygen atoms in total. The van der Waals surface area contributed by atoms with Crippen molar-refractivity contribution in [3.05, 3.63) is 76.5 Å². The number of hydrogen-bond acceptors (Lipinski definition) is 1. The van der Waals surface area contributed by atoms with Crippen LogP contribution in [0, 0.1) is 4.91 Å². The van der Waals surface area contributed by atoms with Crippen molar-refractivity contribution in [1.29, 1.82) is 0 Å². The van der Waals surface area contributed by atoms with Crippen LogP contribution in [0.3, 0.4) is 0 Å². The third kappa shape index (κ3) is 30.2. The Kier molecular flexibility index (Phi) is 30.7. The van der Waals surface area contributed by atoms with E-state index in [0.717, 1.165) is 12.2 Å². The molecule has 0 unspecified atom stereocenters. The van der Waals surface area contributed by atoms with E-state index in [1.807, 2.05) is 48.5 Å². The number of nitrogens with zero attached hydrogens (tertiary/aromatic N) is 2. The summed E-state index contributed by atoms with van der Waals surface area (Å²) in [7, 11) is 0.383. The predicted molar refractivity (Wildman–Crippen MR) is 165 cm³/mol. The first-order valence-electron chi connectivity index (χ1n) is 11.3. The van der Waals surface area contributed by atoms with E-state index in [4.69, 9.17) is 10.5 Å². The van der Waals surface area contributed by atoms with Crippen LogP contribution >= 0.6 is 31.7 Å². The summed E-state index contributed by atoms with van der Waals surface area (Å²) in [6.07, 6.45) is 6.13. The second kappa shape index (κ2) is 26.8. The van der Waals surface area contributed by atoms with E-state index in [1.54, 1.807) is 0 Å². The Bertz CT molecular complexity index is 561. The molecule has 0 fully saturated rings. The minimum atomic E-state index is 0. The van der Waals surface area contributed by atoms with Gasteiger partial charge in [-0.2, -0.15) is 0 Å². The standard InChI is InChI=1S/C13H12N.2C6H16P2.Mo.NO/c1-3-7-12(8-4-1)11-14-13-9-5-2-6-10-13;2*1-7(2)5-6-8(3)4;;1-2/h1-10H,11H2;2*5-6H2,1-4H3;;/q-1;;;;/p+4. The molecule has 0 saturated carbocycles. The summed E-state index contributed by atoms with van der Waals surface area (Å²) in [6, 6.07) is 20.3. The van der Waals surface area contributed by atoms with Gasteiger partial charge in [0, 0.05) is 74.4 Å². The Labute approximate surface area is 224 Å². The summed E-state index contributed by atoms with van der Waals surface area (Å²) >= 11 is 0. The van der Waals surface area contributed by atoms with Crippen molar-refractivity contribution in [2.24, 2.45) is 0 Å². The van der Waals surface area contributed by atoms with E-state index in [0.29, 0.717) is 0 Å². The molecule has 0 bridgehead atoms. The Morgan fingerprint density at radius 1 is 0.576 bits per heavy atom. The first kappa shape index (κ1) is 37.8. The average molecular weight is 613 g/mol. The van der Waals surface area contributed by atoms with Crippen LogP contribution in [0.2, 0.25) is 0 Å². The van der Waals surface area contributed by atoms with Gasteiger partial charge in [0.2, 0.25) is 0 Å². The molecule has 2 aromatic carbocycles. The van der Waals surface area contributed by atoms with Crippen LogP contribution in [0.15, 0.2) is 60.7 Å². The zero-order chi connectivity index (χ0) is 24.8. The maximum absolute atomic E-state index is 7.25. The van der Waals surface area contributed by atoms with Gasteiger partial charge in [-0.3, -0.25) is 0 Å². The molecule has 0 spiro atoms. The van der Waals surface area contributed by atoms with Crippen molar-refractivity contribution in [3.63, 3.8) is 0 Å². The molecule has 0 amide bonds. The number of rotatable bonds is 9. The molecule has 8 heteroatoms. The van der Waals surface area contributed by atoms with Gasteiger partial charge in [0.15, 0.2) is 0 Å². The van der Waals surface area contributed by atoms with Gasteiger partial charge in [-0.05, 0) is 31.7 Å². The third-order valence-corrected chi connectivity index (χ3v) is 10.3. The van der Waals surface area contributed by atoms with E-state index in [-0.39, 0.29) is 52.8 Å². The summed E-state index contributed by atoms with van der Waals surface area (Å²) in [6.45, 7) is 19.9. The molecule has 0 aliphatic carbocycles. The molecule has 0 atom stereocenters. The Morgan fingerprint density at radius 3 is 1.18 bits per heavy atom. The van der Waals surface area contributed by atoms with Gasteiger partial charge < -0.3 is 5.32 Å². The molecule has 0 aliphatic heterocycles. The fourth-order valence-electron chi connectivity index (χ4n) is 2.30. The second-order valence-electron chi connectivity index (χ2n) is 8.97. The molecule has 187 valence electrons. The molecule has 0 heterocycles. The Balaban J connectivity index is -0.000000415. The minimum Gasteiger partial charge on any atom is -0.681 e. The van der Waals surface area contributed by atoms with Gasteiger partial charge in [0.25, 0.3) is 0 Å². The molecule has 2 rings (SSSR count). The molecule has 0 aromatic heterocycles. The largest absolute Gasteiger partial charge is 0.681 e. The Morgan fingerprint density at radius 2 is 0.879 bits per heavy atom. The second-order valence-corrected chi connectivity index (χ2v) is 20.6. The van der Waals surface area contributed by atoms with Crippen LogP contribution in [0.1, 0.15) is 5.56 Å². The monoisotopic (exact) mass is 614 g/mol. The fraction of sp³-hybridized carbons (Fsp3) is 0.520. The topological polar surface area (TPSA) is 53.5 Å². The van der Waals surface area contributed by atoms with Gasteiger partial charge >= 0.3 is 0 Å². The predicted octanol–water partition coefficient (Wildman–Crippen LogP) is 7.31. The average Bonchev–Trinajstić information content (AvgIpc) is 2.78. The first-order chi connectivity index (χ1) is 15.2. The normalized spacial score (nSPS) is 9.70. The summed E-state index contributed by atoms with van der Waals surface area (Å²) in [5, 5.41) is 4.48. The minimum absolute atomic E-state index is 0. The summed E-state index contributed by atoms with van der Waals surface area (Å²) in [4.78, 5) is 7.25. The van der Waals surface area contributed by atoms with Crippen LogP contribution in [0.4, 0.5) is 5.69 Å². The van der Waals surface area contributed by atoms with Gasteiger partial charge in [-0.25, -0.2) is 0 Å². The van der Waals surface area contributed by atoms with Gasteiger partial charge in [0.05, 0.1) is 24.6 Å². The van der Waals surface area contributed by atoms with Gasteiger partial charge in [-0.15, -0.1) is 17.1 Å². The Hall–Kier alpha value is 0.248. The summed E-state index contributed by atoms with van der Waals surface area (Å²) in [5.74, 6) is 0. The summed E-state index contributed by atoms with van der Waals surface area (Å²) < 4.78 is 0. The molecule has 1 radical (unpaired) electrons. The summed E-state index contributed by atoms with van der Waals surface area (Å²) in [5.41, 5.74) is 8.03. The molecular weight excluding hydrogens is 564 g/mol. The van der Waals surface area contributed by atoms with Crippen molar-refractivity contribution in [2.45, 2.75) is 6.54 Å². The van der Waals surface area contributed by atoms with E-state index >= 15 is 0 Å². The van der Waals surface area contributed by atoms with Crippen molar-refractivity contribution >= 4 is 37.4 Å². The quantitative estimate of drug-likeness (QED) is 0.217. The van der Waals surface area contributed by atoms with Gasteiger partial charge in [0.1, 0.15) is 5.59 Å². The molecule has 0 saturated heterocycles. The molecule has 0 aliphatic rings. The van der Waals surface area contributed by atoms with Crippen LogP contribution in [0.5, 0.6) is 0 Å². The van der Waals surface area contributed by atoms with Crippen LogP contribution in [-0.4, -0.2) is 78.0 Å². The molecule has 0 N–H and O–H groups in total. The molecular formula is C25H48MoN2OP4+3. The number of para-hydroxylation sites is 1. The van der Waals surface area contributed by atoms with Crippen LogP contribution in [0.25, 0.3) is 5.32 Å². The van der Waals surface area contributed by atoms with Crippen molar-refractivity contribution in [2.75, 3.05) is 78.0 Å². The maximum atomic E-state index is 7.25. The third-order valence-electron chi connectivity index (χ3n) is 4.29. The van der Waals surface area contributed by atoms with E-state index in [9.17, 15) is 0 Å². The SMILES string of the molecule is C[PH+](C)CC[PH+](C)C.C[PH+](C)CC[PH+](C)C.[Mo].[N]=O.c1ccc(C[N-]c2ccccc2)cc1. The van der Waals surface area contributed by atoms with Crippen molar-refractivity contribution in [1.82, 2.24) is 5.59 Å². The fourth-order valence-corrected chi connectivity index (χ4v) is 10.3. The van der Waals surface area contributed by atoms with Crippen molar-refractivity contribution in [3.8, 4) is 0 Å². The van der Waals surface area contributed by atoms with Gasteiger partial charge in [-0.1, -0.05) is 66.2 Å². The van der Waals surface area contributed by atoms with E-state index in [2.05, 4.69) is 70.8 Å². The van der Waals surface area contributed by atoms with Crippen molar-refractivity contribution < 1.29 is 21.1 Å². The van der Waals surface area contributed by atoms with E-state index < -0.39 is 0 Å². The smallest absolute Gasteiger partial charge is 0.120 e. The maximum Gasteiger partial charge on any atom is 0.120 e. The molecule has 33 heavy (non-hydrogen) atoms. The van der Waals surface area contributed by atoms with Crippen LogP contribution in [-0.2, 0) is 27.6 Å². The molecule has 2 aromatic rings.